The second-order valence-electron chi connectivity index (χ2n) is 3.03. The first-order valence-corrected chi connectivity index (χ1v) is 6.59. The summed E-state index contributed by atoms with van der Waals surface area (Å²) in [4.78, 5) is 21.5. The van der Waals surface area contributed by atoms with Crippen LogP contribution in [0.15, 0.2) is 18.2 Å². The summed E-state index contributed by atoms with van der Waals surface area (Å²) in [7, 11) is 1.49. The second-order valence-corrected chi connectivity index (χ2v) is 3.03. The van der Waals surface area contributed by atoms with Gasteiger partial charge in [0.25, 0.3) is 11.6 Å². The number of rotatable bonds is 3. The zero-order chi connectivity index (χ0) is 15.4. The molecule has 1 rings (SSSR count). The molecule has 5 heteroatoms. The Bertz CT molecular complexity index is 404. The van der Waals surface area contributed by atoms with E-state index in [2.05, 4.69) is 5.32 Å². The number of hydrogen-bond donors (Lipinski definition) is 1. The van der Waals surface area contributed by atoms with Gasteiger partial charge in [0.2, 0.25) is 0 Å². The van der Waals surface area contributed by atoms with Crippen LogP contribution in [0.25, 0.3) is 0 Å². The molecule has 0 saturated heterocycles. The summed E-state index contributed by atoms with van der Waals surface area (Å²) >= 11 is 0. The predicted octanol–water partition coefficient (Wildman–Crippen LogP) is 3.57. The van der Waals surface area contributed by atoms with Crippen molar-refractivity contribution in [3.05, 3.63) is 39.4 Å². The summed E-state index contributed by atoms with van der Waals surface area (Å²) in [5.41, 5.74) is 0.938. The van der Waals surface area contributed by atoms with Gasteiger partial charge in [-0.2, -0.15) is 0 Å². The molecule has 0 spiro atoms. The van der Waals surface area contributed by atoms with Crippen LogP contribution in [0, 0.1) is 10.1 Å². The van der Waals surface area contributed by atoms with E-state index in [1.807, 2.05) is 34.6 Å². The average Bonchev–Trinajstić information content (AvgIpc) is 2.49. The van der Waals surface area contributed by atoms with Crippen LogP contribution in [0.2, 0.25) is 0 Å². The van der Waals surface area contributed by atoms with Crippen molar-refractivity contribution in [1.29, 1.82) is 0 Å². The SMILES string of the molecule is CC.CC.CCc1ccc(C(=O)NC)cc1[N+](=O)[O-]. The molecule has 0 saturated carbocycles. The van der Waals surface area contributed by atoms with Crippen LogP contribution in [0.4, 0.5) is 5.69 Å². The van der Waals surface area contributed by atoms with Crippen molar-refractivity contribution >= 4 is 11.6 Å². The van der Waals surface area contributed by atoms with Gasteiger partial charge in [-0.25, -0.2) is 0 Å². The highest BCUT2D eigenvalue weighted by molar-refractivity contribution is 5.94. The van der Waals surface area contributed by atoms with Crippen molar-refractivity contribution in [2.45, 2.75) is 41.0 Å². The molecule has 0 unspecified atom stereocenters. The summed E-state index contributed by atoms with van der Waals surface area (Å²) < 4.78 is 0. The van der Waals surface area contributed by atoms with Gasteiger partial charge in [0.15, 0.2) is 0 Å². The van der Waals surface area contributed by atoms with Gasteiger partial charge in [0.05, 0.1) is 4.92 Å². The number of carbonyl (C=O) groups excluding carboxylic acids is 1. The number of benzene rings is 1. The van der Waals surface area contributed by atoms with Crippen molar-refractivity contribution in [3.63, 3.8) is 0 Å². The third-order valence-electron chi connectivity index (χ3n) is 2.15. The Morgan fingerprint density at radius 2 is 1.79 bits per heavy atom. The number of nitrogens with zero attached hydrogens (tertiary/aromatic N) is 1. The maximum absolute atomic E-state index is 11.3. The first kappa shape index (κ1) is 19.4. The largest absolute Gasteiger partial charge is 0.355 e. The normalized spacial score (nSPS) is 8.32. The Balaban J connectivity index is 0. The lowest BCUT2D eigenvalue weighted by atomic mass is 10.1. The molecule has 0 aromatic heterocycles. The maximum atomic E-state index is 11.3. The fraction of sp³-hybridized carbons (Fsp3) is 0.500. The summed E-state index contributed by atoms with van der Waals surface area (Å²) in [5.74, 6) is -0.319. The number of hydrogen-bond acceptors (Lipinski definition) is 3. The highest BCUT2D eigenvalue weighted by Crippen LogP contribution is 2.20. The van der Waals surface area contributed by atoms with E-state index in [1.165, 1.54) is 13.1 Å². The Morgan fingerprint density at radius 1 is 1.26 bits per heavy atom. The van der Waals surface area contributed by atoms with Crippen molar-refractivity contribution in [1.82, 2.24) is 5.32 Å². The molecular formula is C14H24N2O3. The first-order chi connectivity index (χ1) is 9.10. The van der Waals surface area contributed by atoms with E-state index in [4.69, 9.17) is 0 Å². The van der Waals surface area contributed by atoms with Crippen molar-refractivity contribution < 1.29 is 9.72 Å². The van der Waals surface area contributed by atoms with Crippen molar-refractivity contribution in [2.75, 3.05) is 7.05 Å². The minimum Gasteiger partial charge on any atom is -0.355 e. The standard InChI is InChI=1S/C10H12N2O3.2C2H6/c1-3-7-4-5-8(10(13)11-2)6-9(7)12(14)15;2*1-2/h4-6H,3H2,1-2H3,(H,11,13);2*1-2H3. The molecule has 0 aliphatic rings. The summed E-state index contributed by atoms with van der Waals surface area (Å²) in [5, 5.41) is 13.1. The molecule has 0 atom stereocenters. The minimum atomic E-state index is -0.467. The quantitative estimate of drug-likeness (QED) is 0.672. The fourth-order valence-electron chi connectivity index (χ4n) is 1.32. The Labute approximate surface area is 115 Å². The Hall–Kier alpha value is -1.91. The zero-order valence-electron chi connectivity index (χ0n) is 12.6. The lowest BCUT2D eigenvalue weighted by molar-refractivity contribution is -0.385. The molecule has 0 heterocycles. The van der Waals surface area contributed by atoms with Crippen LogP contribution >= 0.6 is 0 Å². The Morgan fingerprint density at radius 3 is 2.16 bits per heavy atom. The molecule has 1 amide bonds. The van der Waals surface area contributed by atoms with Crippen LogP contribution in [0.1, 0.15) is 50.5 Å². The van der Waals surface area contributed by atoms with Gasteiger partial charge in [0.1, 0.15) is 0 Å². The molecule has 19 heavy (non-hydrogen) atoms. The van der Waals surface area contributed by atoms with E-state index in [9.17, 15) is 14.9 Å². The van der Waals surface area contributed by atoms with E-state index in [0.29, 0.717) is 17.5 Å². The number of amides is 1. The molecule has 0 bridgehead atoms. The van der Waals surface area contributed by atoms with Gasteiger partial charge in [0, 0.05) is 24.2 Å². The highest BCUT2D eigenvalue weighted by Gasteiger charge is 2.15. The molecule has 108 valence electrons. The lowest BCUT2D eigenvalue weighted by Crippen LogP contribution is -2.18. The lowest BCUT2D eigenvalue weighted by Gasteiger charge is -2.03. The van der Waals surface area contributed by atoms with Gasteiger partial charge in [-0.15, -0.1) is 0 Å². The number of aryl methyl sites for hydroxylation is 1. The number of nitro groups is 1. The van der Waals surface area contributed by atoms with E-state index in [-0.39, 0.29) is 11.6 Å². The van der Waals surface area contributed by atoms with Gasteiger partial charge in [-0.1, -0.05) is 40.7 Å². The third-order valence-corrected chi connectivity index (χ3v) is 2.15. The third kappa shape index (κ3) is 5.99. The molecule has 5 nitrogen and oxygen atoms in total. The molecule has 0 aliphatic heterocycles. The van der Waals surface area contributed by atoms with Gasteiger partial charge in [-0.3, -0.25) is 14.9 Å². The van der Waals surface area contributed by atoms with Crippen molar-refractivity contribution in [3.8, 4) is 0 Å². The summed E-state index contributed by atoms with van der Waals surface area (Å²) in [6.07, 6.45) is 0.574. The van der Waals surface area contributed by atoms with E-state index < -0.39 is 4.92 Å². The second kappa shape index (κ2) is 11.2. The number of nitro benzene ring substituents is 1. The number of carbonyl (C=O) groups is 1. The van der Waals surface area contributed by atoms with Crippen LogP contribution in [-0.2, 0) is 6.42 Å². The van der Waals surface area contributed by atoms with Gasteiger partial charge in [-0.05, 0) is 12.5 Å². The highest BCUT2D eigenvalue weighted by atomic mass is 16.6. The number of nitrogens with one attached hydrogen (secondary N) is 1. The summed E-state index contributed by atoms with van der Waals surface area (Å²) in [6, 6.07) is 4.50. The molecule has 1 aromatic carbocycles. The maximum Gasteiger partial charge on any atom is 0.273 e. The van der Waals surface area contributed by atoms with E-state index in [0.717, 1.165) is 0 Å². The first-order valence-electron chi connectivity index (χ1n) is 6.59. The average molecular weight is 268 g/mol. The van der Waals surface area contributed by atoms with Gasteiger partial charge >= 0.3 is 0 Å². The van der Waals surface area contributed by atoms with Crippen LogP contribution < -0.4 is 5.32 Å². The zero-order valence-corrected chi connectivity index (χ0v) is 12.6. The topological polar surface area (TPSA) is 72.2 Å². The van der Waals surface area contributed by atoms with Crippen molar-refractivity contribution in [2.24, 2.45) is 0 Å². The van der Waals surface area contributed by atoms with Crippen LogP contribution in [0.3, 0.4) is 0 Å². The van der Waals surface area contributed by atoms with E-state index in [1.54, 1.807) is 12.1 Å². The van der Waals surface area contributed by atoms with Gasteiger partial charge < -0.3 is 5.32 Å². The molecule has 0 radical (unpaired) electrons. The smallest absolute Gasteiger partial charge is 0.273 e. The predicted molar refractivity (Wildman–Crippen MR) is 78.6 cm³/mol. The monoisotopic (exact) mass is 268 g/mol. The van der Waals surface area contributed by atoms with Crippen LogP contribution in [-0.4, -0.2) is 17.9 Å². The molecule has 1 aromatic rings. The molecule has 1 N–H and O–H groups in total. The summed E-state index contributed by atoms with van der Waals surface area (Å²) in [6.45, 7) is 9.84. The minimum absolute atomic E-state index is 0.00130. The molecule has 0 aliphatic carbocycles. The molecular weight excluding hydrogens is 244 g/mol. The fourth-order valence-corrected chi connectivity index (χ4v) is 1.32. The van der Waals surface area contributed by atoms with E-state index >= 15 is 0 Å². The Kier molecular flexibility index (Phi) is 11.4. The molecule has 0 fully saturated rings. The van der Waals surface area contributed by atoms with Crippen LogP contribution in [0.5, 0.6) is 0 Å².